The molecule has 1 aliphatic heterocycles. The Kier molecular flexibility index (Phi) is 6.84. The van der Waals surface area contributed by atoms with Gasteiger partial charge in [-0.1, -0.05) is 27.6 Å². The number of allylic oxidation sites excluding steroid dienone is 6. The fourth-order valence-corrected chi connectivity index (χ4v) is 7.19. The highest BCUT2D eigenvalue weighted by Crippen LogP contribution is 2.56. The number of ketones is 2. The second kappa shape index (κ2) is 10.0. The van der Waals surface area contributed by atoms with Gasteiger partial charge in [0.15, 0.2) is 11.6 Å². The molecule has 44 heavy (non-hydrogen) atoms. The Morgan fingerprint density at radius 3 is 2.14 bits per heavy atom. The van der Waals surface area contributed by atoms with E-state index in [0.717, 1.165) is 0 Å². The standard InChI is InChI=1S/C31H20BrF6NO5/c1-12-6-23(41)26-21(27(12)42)11-19-17(24(26)20-10-15(32)2-5-22(20)40)3-4-18-25(19)29(44)39(28(18)43)16-8-13(30(33,34)35)7-14(9-16)31(36,37)38/h2-3,5-10,18-19,24-25,40H,4,11H2,1H3/t18-,19+,24+,25-/m0/s1. The third-order valence-electron chi connectivity index (χ3n) is 8.69. The van der Waals surface area contributed by atoms with Crippen molar-refractivity contribution < 1.29 is 50.6 Å². The molecule has 13 heteroatoms. The first kappa shape index (κ1) is 30.0. The molecular formula is C31H20BrF6NO5. The predicted octanol–water partition coefficient (Wildman–Crippen LogP) is 6.83. The molecule has 1 fully saturated rings. The van der Waals surface area contributed by atoms with Crippen molar-refractivity contribution in [3.8, 4) is 5.75 Å². The van der Waals surface area contributed by atoms with Gasteiger partial charge in [-0.25, -0.2) is 4.90 Å². The first-order valence-electron chi connectivity index (χ1n) is 13.3. The fourth-order valence-electron chi connectivity index (χ4n) is 6.82. The average molecular weight is 680 g/mol. The van der Waals surface area contributed by atoms with Gasteiger partial charge in [0.05, 0.1) is 28.7 Å². The summed E-state index contributed by atoms with van der Waals surface area (Å²) in [6.45, 7) is 1.45. The Labute approximate surface area is 253 Å². The highest BCUT2D eigenvalue weighted by atomic mass is 79.9. The van der Waals surface area contributed by atoms with Crippen LogP contribution >= 0.6 is 15.9 Å². The lowest BCUT2D eigenvalue weighted by Crippen LogP contribution is -2.39. The van der Waals surface area contributed by atoms with Gasteiger partial charge >= 0.3 is 12.4 Å². The van der Waals surface area contributed by atoms with E-state index in [0.29, 0.717) is 27.1 Å². The van der Waals surface area contributed by atoms with E-state index in [1.807, 2.05) is 0 Å². The van der Waals surface area contributed by atoms with E-state index in [9.17, 15) is 50.6 Å². The number of nitrogens with zero attached hydrogens (tertiary/aromatic N) is 1. The van der Waals surface area contributed by atoms with Crippen molar-refractivity contribution in [2.24, 2.45) is 17.8 Å². The number of alkyl halides is 6. The number of phenols is 1. The quantitative estimate of drug-likeness (QED) is 0.163. The maximum Gasteiger partial charge on any atom is 0.416 e. The largest absolute Gasteiger partial charge is 0.508 e. The molecule has 1 saturated heterocycles. The molecule has 0 saturated carbocycles. The van der Waals surface area contributed by atoms with Crippen LogP contribution in [-0.2, 0) is 31.5 Å². The predicted molar refractivity (Wildman–Crippen MR) is 146 cm³/mol. The maximum atomic E-state index is 13.9. The van der Waals surface area contributed by atoms with Crippen LogP contribution in [0.15, 0.2) is 75.3 Å². The third-order valence-corrected chi connectivity index (χ3v) is 9.19. The van der Waals surface area contributed by atoms with Gasteiger partial charge in [0.2, 0.25) is 11.8 Å². The molecule has 0 spiro atoms. The van der Waals surface area contributed by atoms with Crippen LogP contribution in [0, 0.1) is 17.8 Å². The van der Waals surface area contributed by atoms with E-state index >= 15 is 0 Å². The molecule has 3 aliphatic carbocycles. The van der Waals surface area contributed by atoms with Crippen LogP contribution in [0.2, 0.25) is 0 Å². The molecule has 2 aromatic rings. The normalized spacial score (nSPS) is 25.5. The number of hydrogen-bond acceptors (Lipinski definition) is 5. The van der Waals surface area contributed by atoms with Gasteiger partial charge in [0, 0.05) is 32.7 Å². The van der Waals surface area contributed by atoms with E-state index < -0.39 is 76.2 Å². The fraction of sp³-hybridized carbons (Fsp3) is 0.290. The van der Waals surface area contributed by atoms with Crippen LogP contribution in [-0.4, -0.2) is 28.5 Å². The van der Waals surface area contributed by atoms with Crippen LogP contribution in [0.25, 0.3) is 0 Å². The Morgan fingerprint density at radius 2 is 1.52 bits per heavy atom. The number of rotatable bonds is 2. The number of benzene rings is 2. The third kappa shape index (κ3) is 4.63. The SMILES string of the molecule is CC1=CC(=O)C2=C(C[C@@H]3C(=CC[C@@H]4C(=O)N(c5cc(C(F)(F)F)cc(C(F)(F)F)c5)C(=O)[C@@H]43)[C@@H]2c2cc(Br)ccc2O)C1=O. The molecule has 0 unspecified atom stereocenters. The molecule has 6 rings (SSSR count). The Bertz CT molecular complexity index is 1750. The summed E-state index contributed by atoms with van der Waals surface area (Å²) in [5.41, 5.74) is -3.18. The Balaban J connectivity index is 1.49. The minimum Gasteiger partial charge on any atom is -0.508 e. The van der Waals surface area contributed by atoms with Crippen LogP contribution < -0.4 is 4.90 Å². The molecule has 1 heterocycles. The molecule has 2 amide bonds. The molecular weight excluding hydrogens is 660 g/mol. The highest BCUT2D eigenvalue weighted by molar-refractivity contribution is 9.10. The number of carbonyl (C=O) groups is 4. The lowest BCUT2D eigenvalue weighted by Gasteiger charge is -2.42. The summed E-state index contributed by atoms with van der Waals surface area (Å²) in [6, 6.07) is 5.06. The van der Waals surface area contributed by atoms with Crippen molar-refractivity contribution >= 4 is 45.0 Å². The van der Waals surface area contributed by atoms with Gasteiger partial charge in [-0.15, -0.1) is 0 Å². The molecule has 0 bridgehead atoms. The number of anilines is 1. The molecule has 1 N–H and O–H groups in total. The molecule has 2 aromatic carbocycles. The first-order valence-corrected chi connectivity index (χ1v) is 14.1. The van der Waals surface area contributed by atoms with Crippen molar-refractivity contribution in [2.75, 3.05) is 4.90 Å². The molecule has 6 nitrogen and oxygen atoms in total. The zero-order valence-corrected chi connectivity index (χ0v) is 24.1. The van der Waals surface area contributed by atoms with Crippen LogP contribution in [0.4, 0.5) is 32.0 Å². The lowest BCUT2D eigenvalue weighted by atomic mass is 9.59. The zero-order valence-electron chi connectivity index (χ0n) is 22.5. The van der Waals surface area contributed by atoms with Crippen molar-refractivity contribution in [2.45, 2.75) is 38.0 Å². The topological polar surface area (TPSA) is 91.8 Å². The maximum absolute atomic E-state index is 13.9. The summed E-state index contributed by atoms with van der Waals surface area (Å²) in [6.07, 6.45) is -7.86. The summed E-state index contributed by atoms with van der Waals surface area (Å²) in [5, 5.41) is 10.8. The first-order chi connectivity index (χ1) is 20.5. The van der Waals surface area contributed by atoms with Gasteiger partial charge in [-0.05, 0) is 68.2 Å². The number of aromatic hydroxyl groups is 1. The Morgan fingerprint density at radius 1 is 0.886 bits per heavy atom. The average Bonchev–Trinajstić information content (AvgIpc) is 3.20. The summed E-state index contributed by atoms with van der Waals surface area (Å²) in [4.78, 5) is 54.6. The molecule has 0 radical (unpaired) electrons. The molecule has 4 atom stereocenters. The van der Waals surface area contributed by atoms with Crippen LogP contribution in [0.3, 0.4) is 0 Å². The second-order valence-electron chi connectivity index (χ2n) is 11.2. The minimum absolute atomic E-state index is 0.0827. The monoisotopic (exact) mass is 679 g/mol. The van der Waals surface area contributed by atoms with Crippen molar-refractivity contribution in [1.29, 1.82) is 0 Å². The molecule has 4 aliphatic rings. The van der Waals surface area contributed by atoms with E-state index in [1.54, 1.807) is 18.2 Å². The number of halogens is 7. The number of imide groups is 1. The second-order valence-corrected chi connectivity index (χ2v) is 12.1. The van der Waals surface area contributed by atoms with Crippen molar-refractivity contribution in [3.63, 3.8) is 0 Å². The number of carbonyl (C=O) groups excluding carboxylic acids is 4. The Hall–Kier alpha value is -4.00. The van der Waals surface area contributed by atoms with Crippen molar-refractivity contribution in [1.82, 2.24) is 0 Å². The van der Waals surface area contributed by atoms with Gasteiger partial charge in [0.1, 0.15) is 5.75 Å². The van der Waals surface area contributed by atoms with Crippen LogP contribution in [0.1, 0.15) is 42.4 Å². The number of Topliss-reactive ketones (excluding diaryl/α,β-unsaturated/α-hetero) is 1. The number of amides is 2. The van der Waals surface area contributed by atoms with Crippen molar-refractivity contribution in [3.05, 3.63) is 92.0 Å². The summed E-state index contributed by atoms with van der Waals surface area (Å²) < 4.78 is 82.1. The lowest BCUT2D eigenvalue weighted by molar-refractivity contribution is -0.143. The molecule has 0 aromatic heterocycles. The van der Waals surface area contributed by atoms with E-state index in [4.69, 9.17) is 0 Å². The zero-order chi connectivity index (χ0) is 32.0. The minimum atomic E-state index is -5.20. The van der Waals surface area contributed by atoms with E-state index in [-0.39, 0.29) is 46.9 Å². The van der Waals surface area contributed by atoms with Gasteiger partial charge < -0.3 is 5.11 Å². The van der Waals surface area contributed by atoms with Gasteiger partial charge in [0.25, 0.3) is 0 Å². The number of fused-ring (bicyclic) bond motifs is 3. The summed E-state index contributed by atoms with van der Waals surface area (Å²) in [5.74, 6) is -7.41. The van der Waals surface area contributed by atoms with E-state index in [1.165, 1.54) is 19.1 Å². The van der Waals surface area contributed by atoms with Gasteiger partial charge in [-0.2, -0.15) is 26.3 Å². The number of hydrogen-bond donors (Lipinski definition) is 1. The van der Waals surface area contributed by atoms with E-state index in [2.05, 4.69) is 15.9 Å². The van der Waals surface area contributed by atoms with Gasteiger partial charge in [-0.3, -0.25) is 19.2 Å². The smallest absolute Gasteiger partial charge is 0.416 e. The molecule has 228 valence electrons. The van der Waals surface area contributed by atoms with Crippen LogP contribution in [0.5, 0.6) is 5.75 Å². The summed E-state index contributed by atoms with van der Waals surface area (Å²) in [7, 11) is 0. The number of phenolic OH excluding ortho intramolecular Hbond substituents is 1. The summed E-state index contributed by atoms with van der Waals surface area (Å²) >= 11 is 3.34. The highest BCUT2D eigenvalue weighted by Gasteiger charge is 2.57.